The monoisotopic (exact) mass is 381 g/mol. The van der Waals surface area contributed by atoms with Crippen LogP contribution in [0.1, 0.15) is 30.6 Å². The lowest BCUT2D eigenvalue weighted by atomic mass is 9.98. The molecule has 1 N–H and O–H groups in total. The average molecular weight is 382 g/mol. The number of thioether (sulfide) groups is 1. The molecule has 0 saturated heterocycles. The molecule has 7 heteroatoms. The van der Waals surface area contributed by atoms with Gasteiger partial charge in [-0.3, -0.25) is 14.4 Å². The van der Waals surface area contributed by atoms with Crippen LogP contribution in [-0.2, 0) is 9.59 Å². The van der Waals surface area contributed by atoms with Gasteiger partial charge in [-0.15, -0.1) is 11.8 Å². The predicted molar refractivity (Wildman–Crippen MR) is 98.9 cm³/mol. The van der Waals surface area contributed by atoms with Gasteiger partial charge in [0.1, 0.15) is 5.37 Å². The van der Waals surface area contributed by atoms with Crippen LogP contribution in [-0.4, -0.2) is 45.8 Å². The molecule has 25 heavy (non-hydrogen) atoms. The summed E-state index contributed by atoms with van der Waals surface area (Å²) in [5, 5.41) is 8.97. The summed E-state index contributed by atoms with van der Waals surface area (Å²) in [4.78, 5) is 38.7. The summed E-state index contributed by atoms with van der Waals surface area (Å²) in [5.41, 5.74) is 0.561. The number of hydrogen-bond acceptors (Lipinski definition) is 4. The summed E-state index contributed by atoms with van der Waals surface area (Å²) in [7, 11) is 0. The first-order valence-electron chi connectivity index (χ1n) is 7.85. The first kappa shape index (κ1) is 19.5. The molecule has 0 bridgehead atoms. The van der Waals surface area contributed by atoms with E-state index in [9.17, 15) is 19.5 Å². The number of Topliss-reactive ketones (excluding diaryl/α,β-unsaturated/α-hetero) is 1. The van der Waals surface area contributed by atoms with Crippen molar-refractivity contribution in [3.63, 3.8) is 0 Å². The number of carboxylic acids is 1. The summed E-state index contributed by atoms with van der Waals surface area (Å²) in [6.07, 6.45) is 1.32. The van der Waals surface area contributed by atoms with E-state index in [4.69, 9.17) is 11.6 Å². The molecular formula is C18H20ClNO4S. The fourth-order valence-corrected chi connectivity index (χ4v) is 4.02. The molecule has 0 fully saturated rings. The Kier molecular flexibility index (Phi) is 6.30. The number of ketones is 1. The Bertz CT molecular complexity index is 744. The Balaban J connectivity index is 2.55. The zero-order valence-electron chi connectivity index (χ0n) is 14.3. The molecule has 0 radical (unpaired) electrons. The van der Waals surface area contributed by atoms with Crippen LogP contribution >= 0.6 is 23.4 Å². The van der Waals surface area contributed by atoms with Gasteiger partial charge in [-0.2, -0.15) is 0 Å². The second-order valence-corrected chi connectivity index (χ2v) is 7.54. The molecule has 1 atom stereocenters. The van der Waals surface area contributed by atoms with Crippen molar-refractivity contribution < 1.29 is 19.5 Å². The largest absolute Gasteiger partial charge is 0.481 e. The SMILES string of the molecule is CS[C@H]1C(C(=O)c2ccccc2Cl)=C(CC(=O)O)C(=O)N1CC(C)C. The van der Waals surface area contributed by atoms with Gasteiger partial charge in [0.15, 0.2) is 5.78 Å². The van der Waals surface area contributed by atoms with Crippen LogP contribution in [0.25, 0.3) is 0 Å². The average Bonchev–Trinajstić information content (AvgIpc) is 2.78. The van der Waals surface area contributed by atoms with Crippen molar-refractivity contribution >= 4 is 41.0 Å². The van der Waals surface area contributed by atoms with Gasteiger partial charge in [0.05, 0.1) is 11.4 Å². The molecule has 0 spiro atoms. The number of hydrogen-bond donors (Lipinski definition) is 1. The fourth-order valence-electron chi connectivity index (χ4n) is 2.88. The lowest BCUT2D eigenvalue weighted by Crippen LogP contribution is -2.37. The first-order valence-corrected chi connectivity index (χ1v) is 9.52. The van der Waals surface area contributed by atoms with Gasteiger partial charge in [0.2, 0.25) is 0 Å². The highest BCUT2D eigenvalue weighted by molar-refractivity contribution is 7.99. The third kappa shape index (κ3) is 4.07. The Morgan fingerprint density at radius 2 is 1.96 bits per heavy atom. The molecule has 1 aromatic rings. The standard InChI is InChI=1S/C18H20ClNO4S/c1-10(2)9-20-17(24)12(8-14(21)22)15(18(20)25-3)16(23)11-6-4-5-7-13(11)19/h4-7,10,18H,8-9H2,1-3H3,(H,21,22)/t18-/m0/s1. The molecule has 0 aromatic heterocycles. The molecule has 134 valence electrons. The van der Waals surface area contributed by atoms with Crippen LogP contribution in [0.3, 0.4) is 0 Å². The normalized spacial score (nSPS) is 17.6. The van der Waals surface area contributed by atoms with E-state index < -0.39 is 17.8 Å². The van der Waals surface area contributed by atoms with Crippen molar-refractivity contribution in [2.45, 2.75) is 25.6 Å². The molecule has 5 nitrogen and oxygen atoms in total. The maximum atomic E-state index is 13.1. The van der Waals surface area contributed by atoms with Gasteiger partial charge in [-0.05, 0) is 24.3 Å². The van der Waals surface area contributed by atoms with E-state index in [1.807, 2.05) is 13.8 Å². The third-order valence-electron chi connectivity index (χ3n) is 3.85. The minimum Gasteiger partial charge on any atom is -0.481 e. The predicted octanol–water partition coefficient (Wildman–Crippen LogP) is 3.48. The summed E-state index contributed by atoms with van der Waals surface area (Å²) in [6, 6.07) is 6.59. The molecule has 1 aliphatic rings. The Hall–Kier alpha value is -1.79. The highest BCUT2D eigenvalue weighted by atomic mass is 35.5. The molecule has 1 aromatic carbocycles. The second-order valence-electron chi connectivity index (χ2n) is 6.21. The summed E-state index contributed by atoms with van der Waals surface area (Å²) in [5.74, 6) is -1.72. The van der Waals surface area contributed by atoms with Crippen molar-refractivity contribution in [3.05, 3.63) is 46.0 Å². The number of carbonyl (C=O) groups excluding carboxylic acids is 2. The maximum absolute atomic E-state index is 13.1. The van der Waals surface area contributed by atoms with E-state index in [-0.39, 0.29) is 39.3 Å². The van der Waals surface area contributed by atoms with E-state index in [0.717, 1.165) is 0 Å². The van der Waals surface area contributed by atoms with E-state index in [1.54, 1.807) is 35.4 Å². The van der Waals surface area contributed by atoms with Crippen LogP contribution in [0.15, 0.2) is 35.4 Å². The van der Waals surface area contributed by atoms with E-state index in [0.29, 0.717) is 6.54 Å². The van der Waals surface area contributed by atoms with Gasteiger partial charge in [0.25, 0.3) is 5.91 Å². The highest BCUT2D eigenvalue weighted by Crippen LogP contribution is 2.37. The van der Waals surface area contributed by atoms with Crippen LogP contribution in [0.5, 0.6) is 0 Å². The van der Waals surface area contributed by atoms with Crippen molar-refractivity contribution in [1.82, 2.24) is 4.90 Å². The second kappa shape index (κ2) is 8.06. The molecule has 1 amide bonds. The number of rotatable bonds is 7. The van der Waals surface area contributed by atoms with Crippen LogP contribution in [0.4, 0.5) is 0 Å². The highest BCUT2D eigenvalue weighted by Gasteiger charge is 2.42. The molecule has 0 saturated carbocycles. The van der Waals surface area contributed by atoms with Crippen LogP contribution < -0.4 is 0 Å². The minimum absolute atomic E-state index is 0.0532. The number of amides is 1. The fraction of sp³-hybridized carbons (Fsp3) is 0.389. The maximum Gasteiger partial charge on any atom is 0.308 e. The number of nitrogens with zero attached hydrogens (tertiary/aromatic N) is 1. The van der Waals surface area contributed by atoms with E-state index >= 15 is 0 Å². The Morgan fingerprint density at radius 1 is 1.32 bits per heavy atom. The molecule has 0 aliphatic carbocycles. The number of benzene rings is 1. The third-order valence-corrected chi connectivity index (χ3v) is 5.12. The zero-order chi connectivity index (χ0) is 18.7. The van der Waals surface area contributed by atoms with Crippen molar-refractivity contribution in [3.8, 4) is 0 Å². The van der Waals surface area contributed by atoms with Gasteiger partial charge >= 0.3 is 5.97 Å². The quantitative estimate of drug-likeness (QED) is 0.732. The Labute approximate surface area is 156 Å². The zero-order valence-corrected chi connectivity index (χ0v) is 15.9. The van der Waals surface area contributed by atoms with E-state index in [2.05, 4.69) is 0 Å². The summed E-state index contributed by atoms with van der Waals surface area (Å²) in [6.45, 7) is 4.39. The van der Waals surface area contributed by atoms with Gasteiger partial charge in [-0.1, -0.05) is 37.6 Å². The smallest absolute Gasteiger partial charge is 0.308 e. The van der Waals surface area contributed by atoms with Gasteiger partial charge < -0.3 is 10.0 Å². The van der Waals surface area contributed by atoms with Gasteiger partial charge in [-0.25, -0.2) is 0 Å². The lowest BCUT2D eigenvalue weighted by molar-refractivity contribution is -0.137. The van der Waals surface area contributed by atoms with Crippen molar-refractivity contribution in [1.29, 1.82) is 0 Å². The number of carbonyl (C=O) groups is 3. The molecule has 1 heterocycles. The first-order chi connectivity index (χ1) is 11.8. The minimum atomic E-state index is -1.14. The van der Waals surface area contributed by atoms with Crippen LogP contribution in [0.2, 0.25) is 5.02 Å². The number of aliphatic carboxylic acids is 1. The lowest BCUT2D eigenvalue weighted by Gasteiger charge is -2.27. The number of carboxylic acid groups (broad SMARTS) is 1. The summed E-state index contributed by atoms with van der Waals surface area (Å²) >= 11 is 7.48. The molecular weight excluding hydrogens is 362 g/mol. The molecule has 0 unspecified atom stereocenters. The van der Waals surface area contributed by atoms with Crippen molar-refractivity contribution in [2.75, 3.05) is 12.8 Å². The Morgan fingerprint density at radius 3 is 2.48 bits per heavy atom. The van der Waals surface area contributed by atoms with Gasteiger partial charge in [0, 0.05) is 23.3 Å². The molecule has 2 rings (SSSR count). The summed E-state index contributed by atoms with van der Waals surface area (Å²) < 4.78 is 0. The number of halogens is 1. The van der Waals surface area contributed by atoms with Crippen molar-refractivity contribution in [2.24, 2.45) is 5.92 Å². The van der Waals surface area contributed by atoms with E-state index in [1.165, 1.54) is 11.8 Å². The topological polar surface area (TPSA) is 74.7 Å². The molecule has 1 aliphatic heterocycles. The van der Waals surface area contributed by atoms with Crippen LogP contribution in [0, 0.1) is 5.92 Å².